The second-order valence-corrected chi connectivity index (χ2v) is 5.18. The molecule has 1 aromatic rings. The molecular formula is C13H19BrO. The van der Waals surface area contributed by atoms with Gasteiger partial charge in [-0.15, -0.1) is 0 Å². The topological polar surface area (TPSA) is 20.2 Å². The number of aromatic hydroxyl groups is 1. The highest BCUT2D eigenvalue weighted by Crippen LogP contribution is 2.33. The summed E-state index contributed by atoms with van der Waals surface area (Å²) < 4.78 is 0. The summed E-state index contributed by atoms with van der Waals surface area (Å²) in [6, 6.07) is 5.94. The second kappa shape index (κ2) is 5.02. The van der Waals surface area contributed by atoms with E-state index in [2.05, 4.69) is 42.8 Å². The fraction of sp³-hybridized carbons (Fsp3) is 0.538. The maximum atomic E-state index is 9.85. The zero-order valence-electron chi connectivity index (χ0n) is 9.68. The Morgan fingerprint density at radius 1 is 1.33 bits per heavy atom. The van der Waals surface area contributed by atoms with Crippen LogP contribution in [0.25, 0.3) is 0 Å². The van der Waals surface area contributed by atoms with Crippen LogP contribution in [0.15, 0.2) is 18.2 Å². The van der Waals surface area contributed by atoms with Crippen LogP contribution >= 0.6 is 15.9 Å². The number of aryl methyl sites for hydroxylation is 1. The summed E-state index contributed by atoms with van der Waals surface area (Å²) in [5.74, 6) is 0.402. The number of hydrogen-bond acceptors (Lipinski definition) is 1. The summed E-state index contributed by atoms with van der Waals surface area (Å²) in [5.41, 5.74) is 2.32. The molecule has 0 spiro atoms. The van der Waals surface area contributed by atoms with Crippen molar-refractivity contribution in [3.05, 3.63) is 29.3 Å². The van der Waals surface area contributed by atoms with E-state index in [1.165, 1.54) is 5.56 Å². The van der Waals surface area contributed by atoms with Gasteiger partial charge in [-0.2, -0.15) is 0 Å². The van der Waals surface area contributed by atoms with E-state index in [1.54, 1.807) is 0 Å². The molecule has 0 aliphatic heterocycles. The number of phenolic OH excluding ortho intramolecular Hbond substituents is 1. The lowest BCUT2D eigenvalue weighted by Crippen LogP contribution is -2.19. The molecule has 0 saturated heterocycles. The molecule has 1 aromatic carbocycles. The summed E-state index contributed by atoms with van der Waals surface area (Å²) in [4.78, 5) is 0. The van der Waals surface area contributed by atoms with Crippen LogP contribution in [-0.2, 0) is 11.8 Å². The van der Waals surface area contributed by atoms with E-state index < -0.39 is 0 Å². The van der Waals surface area contributed by atoms with E-state index >= 15 is 0 Å². The van der Waals surface area contributed by atoms with Gasteiger partial charge in [-0.1, -0.05) is 55.3 Å². The smallest absolute Gasteiger partial charge is 0.119 e. The summed E-state index contributed by atoms with van der Waals surface area (Å²) in [6.45, 7) is 6.43. The first-order valence-corrected chi connectivity index (χ1v) is 6.51. The molecule has 84 valence electrons. The fourth-order valence-corrected chi connectivity index (χ4v) is 1.94. The number of halogens is 1. The highest BCUT2D eigenvalue weighted by molar-refractivity contribution is 9.09. The van der Waals surface area contributed by atoms with E-state index in [0.29, 0.717) is 5.75 Å². The Labute approximate surface area is 101 Å². The average Bonchev–Trinajstić information content (AvgIpc) is 2.21. The van der Waals surface area contributed by atoms with Gasteiger partial charge in [-0.05, 0) is 18.1 Å². The van der Waals surface area contributed by atoms with Crippen LogP contribution in [0.3, 0.4) is 0 Å². The minimum absolute atomic E-state index is 0.0200. The second-order valence-electron chi connectivity index (χ2n) is 4.62. The molecule has 0 bridgehead atoms. The quantitative estimate of drug-likeness (QED) is 0.820. The maximum Gasteiger partial charge on any atom is 0.119 e. The SMILES string of the molecule is CCCc1ccc(O)c(C(C)(C)CBr)c1. The van der Waals surface area contributed by atoms with Crippen LogP contribution in [0.4, 0.5) is 0 Å². The van der Waals surface area contributed by atoms with Crippen molar-refractivity contribution in [2.75, 3.05) is 5.33 Å². The van der Waals surface area contributed by atoms with Crippen molar-refractivity contribution in [3.63, 3.8) is 0 Å². The third-order valence-electron chi connectivity index (χ3n) is 2.66. The van der Waals surface area contributed by atoms with Crippen LogP contribution in [-0.4, -0.2) is 10.4 Å². The van der Waals surface area contributed by atoms with E-state index in [9.17, 15) is 5.11 Å². The Morgan fingerprint density at radius 2 is 2.00 bits per heavy atom. The minimum Gasteiger partial charge on any atom is -0.508 e. The van der Waals surface area contributed by atoms with Crippen LogP contribution in [0.1, 0.15) is 38.3 Å². The largest absolute Gasteiger partial charge is 0.508 e. The molecule has 0 atom stereocenters. The number of phenols is 1. The third kappa shape index (κ3) is 2.97. The van der Waals surface area contributed by atoms with Crippen LogP contribution < -0.4 is 0 Å². The summed E-state index contributed by atoms with van der Waals surface area (Å²) in [5, 5.41) is 10.7. The molecule has 0 heterocycles. The summed E-state index contributed by atoms with van der Waals surface area (Å²) in [7, 11) is 0. The number of rotatable bonds is 4. The lowest BCUT2D eigenvalue weighted by Gasteiger charge is -2.24. The number of alkyl halides is 1. The van der Waals surface area contributed by atoms with Crippen molar-refractivity contribution in [3.8, 4) is 5.75 Å². The van der Waals surface area contributed by atoms with Gasteiger partial charge < -0.3 is 5.11 Å². The van der Waals surface area contributed by atoms with Gasteiger partial charge in [0, 0.05) is 16.3 Å². The normalized spacial score (nSPS) is 11.7. The van der Waals surface area contributed by atoms with Crippen LogP contribution in [0.2, 0.25) is 0 Å². The van der Waals surface area contributed by atoms with E-state index in [1.807, 2.05) is 12.1 Å². The predicted molar refractivity (Wildman–Crippen MR) is 68.9 cm³/mol. The first-order chi connectivity index (χ1) is 7.01. The number of hydrogen-bond donors (Lipinski definition) is 1. The Balaban J connectivity index is 3.10. The van der Waals surface area contributed by atoms with Crippen molar-refractivity contribution >= 4 is 15.9 Å². The molecule has 0 radical (unpaired) electrons. The first kappa shape index (κ1) is 12.6. The maximum absolute atomic E-state index is 9.85. The molecule has 0 aliphatic carbocycles. The summed E-state index contributed by atoms with van der Waals surface area (Å²) >= 11 is 3.49. The highest BCUT2D eigenvalue weighted by Gasteiger charge is 2.22. The first-order valence-electron chi connectivity index (χ1n) is 5.39. The highest BCUT2D eigenvalue weighted by atomic mass is 79.9. The van der Waals surface area contributed by atoms with Crippen molar-refractivity contribution < 1.29 is 5.11 Å². The monoisotopic (exact) mass is 270 g/mol. The zero-order valence-corrected chi connectivity index (χ0v) is 11.3. The lowest BCUT2D eigenvalue weighted by atomic mass is 9.85. The lowest BCUT2D eigenvalue weighted by molar-refractivity contribution is 0.448. The zero-order chi connectivity index (χ0) is 11.5. The Kier molecular flexibility index (Phi) is 4.21. The molecule has 15 heavy (non-hydrogen) atoms. The Morgan fingerprint density at radius 3 is 2.53 bits per heavy atom. The molecule has 1 nitrogen and oxygen atoms in total. The third-order valence-corrected chi connectivity index (χ3v) is 4.06. The van der Waals surface area contributed by atoms with Gasteiger partial charge in [-0.25, -0.2) is 0 Å². The molecule has 1 rings (SSSR count). The predicted octanol–water partition coefficient (Wildman–Crippen LogP) is 4.02. The average molecular weight is 271 g/mol. The molecular weight excluding hydrogens is 252 g/mol. The van der Waals surface area contributed by atoms with Crippen LogP contribution in [0, 0.1) is 0 Å². The molecule has 0 aliphatic rings. The van der Waals surface area contributed by atoms with E-state index in [4.69, 9.17) is 0 Å². The number of benzene rings is 1. The van der Waals surface area contributed by atoms with Gasteiger partial charge in [0.15, 0.2) is 0 Å². The van der Waals surface area contributed by atoms with Gasteiger partial charge in [0.25, 0.3) is 0 Å². The van der Waals surface area contributed by atoms with Gasteiger partial charge >= 0.3 is 0 Å². The van der Waals surface area contributed by atoms with Crippen molar-refractivity contribution in [1.29, 1.82) is 0 Å². The Hall–Kier alpha value is -0.500. The van der Waals surface area contributed by atoms with Crippen molar-refractivity contribution in [1.82, 2.24) is 0 Å². The molecule has 0 unspecified atom stereocenters. The molecule has 1 N–H and O–H groups in total. The molecule has 2 heteroatoms. The molecule has 0 amide bonds. The molecule has 0 aromatic heterocycles. The standard InChI is InChI=1S/C13H19BrO/c1-4-5-10-6-7-12(15)11(8-10)13(2,3)9-14/h6-8,15H,4-5,9H2,1-3H3. The van der Waals surface area contributed by atoms with Gasteiger partial charge in [0.05, 0.1) is 0 Å². The van der Waals surface area contributed by atoms with Crippen LogP contribution in [0.5, 0.6) is 5.75 Å². The van der Waals surface area contributed by atoms with Crippen molar-refractivity contribution in [2.24, 2.45) is 0 Å². The van der Waals surface area contributed by atoms with Gasteiger partial charge in [0.1, 0.15) is 5.75 Å². The van der Waals surface area contributed by atoms with Gasteiger partial charge in [-0.3, -0.25) is 0 Å². The summed E-state index contributed by atoms with van der Waals surface area (Å²) in [6.07, 6.45) is 2.21. The van der Waals surface area contributed by atoms with Gasteiger partial charge in [0.2, 0.25) is 0 Å². The molecule has 0 saturated carbocycles. The minimum atomic E-state index is -0.0200. The Bertz CT molecular complexity index is 331. The fourth-order valence-electron chi connectivity index (χ4n) is 1.64. The van der Waals surface area contributed by atoms with E-state index in [0.717, 1.165) is 23.7 Å². The van der Waals surface area contributed by atoms with E-state index in [-0.39, 0.29) is 5.41 Å². The molecule has 0 fully saturated rings. The van der Waals surface area contributed by atoms with Crippen molar-refractivity contribution in [2.45, 2.75) is 39.0 Å².